The van der Waals surface area contributed by atoms with Crippen molar-refractivity contribution in [2.45, 2.75) is 25.8 Å². The first-order chi connectivity index (χ1) is 10.3. The Bertz CT molecular complexity index is 586. The van der Waals surface area contributed by atoms with E-state index < -0.39 is 0 Å². The quantitative estimate of drug-likeness (QED) is 0.941. The average molecular weight is 300 g/mol. The molecular formula is C17H20N2OS. The Hall–Kier alpha value is -1.65. The number of anilines is 1. The van der Waals surface area contributed by atoms with Gasteiger partial charge < -0.3 is 10.2 Å². The highest BCUT2D eigenvalue weighted by Crippen LogP contribution is 2.26. The molecule has 110 valence electrons. The van der Waals surface area contributed by atoms with E-state index in [1.54, 1.807) is 0 Å². The molecule has 0 aliphatic carbocycles. The summed E-state index contributed by atoms with van der Waals surface area (Å²) < 4.78 is 0. The second-order valence-corrected chi connectivity index (χ2v) is 6.42. The van der Waals surface area contributed by atoms with Gasteiger partial charge in [0.1, 0.15) is 0 Å². The van der Waals surface area contributed by atoms with Crippen molar-refractivity contribution in [1.82, 2.24) is 5.32 Å². The van der Waals surface area contributed by atoms with Gasteiger partial charge in [0.25, 0.3) is 5.91 Å². The number of nitrogens with one attached hydrogen (secondary N) is 1. The molecule has 0 atom stereocenters. The van der Waals surface area contributed by atoms with E-state index in [1.807, 2.05) is 22.4 Å². The van der Waals surface area contributed by atoms with Gasteiger partial charge in [-0.2, -0.15) is 0 Å². The molecule has 0 radical (unpaired) electrons. The zero-order valence-electron chi connectivity index (χ0n) is 12.2. The minimum Gasteiger partial charge on any atom is -0.317 e. The number of thiophene rings is 1. The lowest BCUT2D eigenvalue weighted by molar-refractivity contribution is 0.0975. The van der Waals surface area contributed by atoms with E-state index in [0.717, 1.165) is 36.5 Å². The fourth-order valence-electron chi connectivity index (χ4n) is 2.78. The van der Waals surface area contributed by atoms with Crippen molar-refractivity contribution >= 4 is 22.9 Å². The molecular weight excluding hydrogens is 280 g/mol. The number of piperidine rings is 1. The SMILES string of the molecule is Cc1ccc(N(C(=O)c2cccs2)C2CCNCC2)cc1. The van der Waals surface area contributed by atoms with Crippen LogP contribution in [0.3, 0.4) is 0 Å². The Morgan fingerprint density at radius 3 is 2.52 bits per heavy atom. The van der Waals surface area contributed by atoms with Crippen LogP contribution in [0.2, 0.25) is 0 Å². The summed E-state index contributed by atoms with van der Waals surface area (Å²) in [4.78, 5) is 15.7. The molecule has 1 N–H and O–H groups in total. The van der Waals surface area contributed by atoms with Gasteiger partial charge in [0.15, 0.2) is 0 Å². The number of aryl methyl sites for hydroxylation is 1. The second kappa shape index (κ2) is 6.41. The molecule has 1 fully saturated rings. The summed E-state index contributed by atoms with van der Waals surface area (Å²) in [6.45, 7) is 4.02. The molecule has 2 heterocycles. The van der Waals surface area contributed by atoms with Gasteiger partial charge in [0.05, 0.1) is 4.88 Å². The standard InChI is InChI=1S/C17H20N2OS/c1-13-4-6-14(7-5-13)19(15-8-10-18-11-9-15)17(20)16-3-2-12-21-16/h2-7,12,15,18H,8-11H2,1H3. The molecule has 1 amide bonds. The largest absolute Gasteiger partial charge is 0.317 e. The second-order valence-electron chi connectivity index (χ2n) is 5.47. The Balaban J connectivity index is 1.93. The first-order valence-electron chi connectivity index (χ1n) is 7.40. The molecule has 1 aliphatic heterocycles. The van der Waals surface area contributed by atoms with Crippen molar-refractivity contribution in [2.75, 3.05) is 18.0 Å². The normalized spacial score (nSPS) is 15.9. The molecule has 3 rings (SSSR count). The molecule has 2 aromatic rings. The van der Waals surface area contributed by atoms with Crippen molar-refractivity contribution in [3.63, 3.8) is 0 Å². The van der Waals surface area contributed by atoms with Gasteiger partial charge >= 0.3 is 0 Å². The van der Waals surface area contributed by atoms with Gasteiger partial charge in [0.2, 0.25) is 0 Å². The van der Waals surface area contributed by atoms with Gasteiger partial charge in [-0.3, -0.25) is 4.79 Å². The van der Waals surface area contributed by atoms with Gasteiger partial charge in [-0.1, -0.05) is 23.8 Å². The fourth-order valence-corrected chi connectivity index (χ4v) is 3.44. The minimum atomic E-state index is 0.126. The number of carbonyl (C=O) groups is 1. The summed E-state index contributed by atoms with van der Waals surface area (Å²) in [6, 6.07) is 12.4. The van der Waals surface area contributed by atoms with Crippen LogP contribution in [0.25, 0.3) is 0 Å². The predicted octanol–water partition coefficient (Wildman–Crippen LogP) is 3.46. The molecule has 4 heteroatoms. The van der Waals surface area contributed by atoms with Crippen LogP contribution >= 0.6 is 11.3 Å². The van der Waals surface area contributed by atoms with E-state index in [0.29, 0.717) is 0 Å². The molecule has 0 unspecified atom stereocenters. The summed E-state index contributed by atoms with van der Waals surface area (Å²) >= 11 is 1.51. The molecule has 0 spiro atoms. The van der Waals surface area contributed by atoms with Crippen molar-refractivity contribution in [3.8, 4) is 0 Å². The van der Waals surface area contributed by atoms with Gasteiger partial charge in [0, 0.05) is 11.7 Å². The molecule has 1 saturated heterocycles. The maximum Gasteiger partial charge on any atom is 0.268 e. The van der Waals surface area contributed by atoms with Crippen molar-refractivity contribution in [2.24, 2.45) is 0 Å². The highest BCUT2D eigenvalue weighted by atomic mass is 32.1. The third-order valence-electron chi connectivity index (χ3n) is 3.94. The van der Waals surface area contributed by atoms with E-state index >= 15 is 0 Å². The third-order valence-corrected chi connectivity index (χ3v) is 4.79. The Kier molecular flexibility index (Phi) is 4.36. The number of hydrogen-bond donors (Lipinski definition) is 1. The van der Waals surface area contributed by atoms with Crippen LogP contribution in [0.15, 0.2) is 41.8 Å². The topological polar surface area (TPSA) is 32.3 Å². The van der Waals surface area contributed by atoms with Crippen LogP contribution in [-0.4, -0.2) is 25.0 Å². The van der Waals surface area contributed by atoms with Crippen LogP contribution in [0.4, 0.5) is 5.69 Å². The lowest BCUT2D eigenvalue weighted by Crippen LogP contribution is -2.46. The summed E-state index contributed by atoms with van der Waals surface area (Å²) in [5.74, 6) is 0.126. The van der Waals surface area contributed by atoms with Crippen LogP contribution in [-0.2, 0) is 0 Å². The van der Waals surface area contributed by atoms with Gasteiger partial charge in [-0.25, -0.2) is 0 Å². The van der Waals surface area contributed by atoms with Crippen molar-refractivity contribution in [1.29, 1.82) is 0 Å². The molecule has 0 saturated carbocycles. The van der Waals surface area contributed by atoms with Gasteiger partial charge in [-0.05, 0) is 56.4 Å². The monoisotopic (exact) mass is 300 g/mol. The highest BCUT2D eigenvalue weighted by Gasteiger charge is 2.28. The van der Waals surface area contributed by atoms with E-state index in [9.17, 15) is 4.79 Å². The number of hydrogen-bond acceptors (Lipinski definition) is 3. The smallest absolute Gasteiger partial charge is 0.268 e. The van der Waals surface area contributed by atoms with E-state index in [4.69, 9.17) is 0 Å². The predicted molar refractivity (Wildman–Crippen MR) is 88.2 cm³/mol. The zero-order chi connectivity index (χ0) is 14.7. The lowest BCUT2D eigenvalue weighted by atomic mass is 10.0. The first-order valence-corrected chi connectivity index (χ1v) is 8.28. The van der Waals surface area contributed by atoms with Crippen LogP contribution in [0.1, 0.15) is 28.1 Å². The maximum atomic E-state index is 12.9. The maximum absolute atomic E-state index is 12.9. The number of carbonyl (C=O) groups excluding carboxylic acids is 1. The fraction of sp³-hybridized carbons (Fsp3) is 0.353. The molecule has 1 aliphatic rings. The van der Waals surface area contributed by atoms with Crippen LogP contribution in [0, 0.1) is 6.92 Å². The Morgan fingerprint density at radius 1 is 1.19 bits per heavy atom. The summed E-state index contributed by atoms with van der Waals surface area (Å²) in [6.07, 6.45) is 2.01. The van der Waals surface area contributed by atoms with Crippen LogP contribution < -0.4 is 10.2 Å². The van der Waals surface area contributed by atoms with Gasteiger partial charge in [-0.15, -0.1) is 11.3 Å². The molecule has 1 aromatic carbocycles. The number of nitrogens with zero attached hydrogens (tertiary/aromatic N) is 1. The van der Waals surface area contributed by atoms with Crippen molar-refractivity contribution in [3.05, 3.63) is 52.2 Å². The summed E-state index contributed by atoms with van der Waals surface area (Å²) in [7, 11) is 0. The van der Waals surface area contributed by atoms with E-state index in [2.05, 4.69) is 36.5 Å². The van der Waals surface area contributed by atoms with Crippen molar-refractivity contribution < 1.29 is 4.79 Å². The number of rotatable bonds is 3. The van der Waals surface area contributed by atoms with E-state index in [1.165, 1.54) is 16.9 Å². The third kappa shape index (κ3) is 3.17. The summed E-state index contributed by atoms with van der Waals surface area (Å²) in [5, 5.41) is 5.33. The first kappa shape index (κ1) is 14.3. The molecule has 21 heavy (non-hydrogen) atoms. The molecule has 1 aromatic heterocycles. The Labute approximate surface area is 129 Å². The molecule has 0 bridgehead atoms. The molecule has 3 nitrogen and oxygen atoms in total. The van der Waals surface area contributed by atoms with E-state index in [-0.39, 0.29) is 11.9 Å². The Morgan fingerprint density at radius 2 is 1.90 bits per heavy atom. The lowest BCUT2D eigenvalue weighted by Gasteiger charge is -2.34. The minimum absolute atomic E-state index is 0.126. The number of amides is 1. The van der Waals surface area contributed by atoms with Crippen LogP contribution in [0.5, 0.6) is 0 Å². The average Bonchev–Trinajstić information content (AvgIpc) is 3.05. The summed E-state index contributed by atoms with van der Waals surface area (Å²) in [5.41, 5.74) is 2.22. The number of benzene rings is 1. The highest BCUT2D eigenvalue weighted by molar-refractivity contribution is 7.12. The zero-order valence-corrected chi connectivity index (χ0v) is 13.0.